The summed E-state index contributed by atoms with van der Waals surface area (Å²) in [5.74, 6) is -2.42. The molecule has 3 N–H and O–H groups in total. The van der Waals surface area contributed by atoms with Gasteiger partial charge in [-0.1, -0.05) is 42.5 Å². The van der Waals surface area contributed by atoms with Crippen molar-refractivity contribution in [3.8, 4) is 0 Å². The molecule has 2 rings (SSSR count). The van der Waals surface area contributed by atoms with Gasteiger partial charge in [0.1, 0.15) is 0 Å². The molecule has 0 aliphatic carbocycles. The van der Waals surface area contributed by atoms with Crippen molar-refractivity contribution in [2.45, 2.75) is 0 Å². The highest BCUT2D eigenvalue weighted by molar-refractivity contribution is 6.08. The van der Waals surface area contributed by atoms with Crippen molar-refractivity contribution in [1.29, 1.82) is 0 Å². The molecule has 0 radical (unpaired) electrons. The molecule has 0 fully saturated rings. The first kappa shape index (κ1) is 14.3. The van der Waals surface area contributed by atoms with E-state index in [9.17, 15) is 14.7 Å². The SMILES string of the molecule is O=C(Nc1ccccc1C(=O)O)C(O)=Cc1ccccc1. The largest absolute Gasteiger partial charge is 0.503 e. The minimum absolute atomic E-state index is 0.0432. The molecule has 21 heavy (non-hydrogen) atoms. The lowest BCUT2D eigenvalue weighted by molar-refractivity contribution is -0.115. The van der Waals surface area contributed by atoms with Crippen LogP contribution in [-0.4, -0.2) is 22.1 Å². The lowest BCUT2D eigenvalue weighted by atomic mass is 10.1. The molecule has 0 unspecified atom stereocenters. The van der Waals surface area contributed by atoms with E-state index in [1.807, 2.05) is 6.07 Å². The molecule has 2 aromatic carbocycles. The summed E-state index contributed by atoms with van der Waals surface area (Å²) in [5, 5.41) is 21.2. The predicted molar refractivity (Wildman–Crippen MR) is 79.1 cm³/mol. The monoisotopic (exact) mass is 283 g/mol. The topological polar surface area (TPSA) is 86.6 Å². The van der Waals surface area contributed by atoms with Crippen LogP contribution in [0.15, 0.2) is 60.4 Å². The Morgan fingerprint density at radius 3 is 2.19 bits per heavy atom. The van der Waals surface area contributed by atoms with Gasteiger partial charge in [0, 0.05) is 0 Å². The predicted octanol–water partition coefficient (Wildman–Crippen LogP) is 2.92. The molecule has 5 heteroatoms. The van der Waals surface area contributed by atoms with Crippen LogP contribution in [-0.2, 0) is 4.79 Å². The summed E-state index contributed by atoms with van der Waals surface area (Å²) >= 11 is 0. The van der Waals surface area contributed by atoms with Crippen molar-refractivity contribution < 1.29 is 19.8 Å². The summed E-state index contributed by atoms with van der Waals surface area (Å²) in [6.07, 6.45) is 1.30. The highest BCUT2D eigenvalue weighted by atomic mass is 16.4. The number of para-hydroxylation sites is 1. The second-order valence-electron chi connectivity index (χ2n) is 4.25. The molecule has 0 heterocycles. The zero-order valence-electron chi connectivity index (χ0n) is 11.0. The summed E-state index contributed by atoms with van der Waals surface area (Å²) in [6.45, 7) is 0. The summed E-state index contributed by atoms with van der Waals surface area (Å²) < 4.78 is 0. The second kappa shape index (κ2) is 6.38. The van der Waals surface area contributed by atoms with Crippen molar-refractivity contribution in [2.75, 3.05) is 5.32 Å². The third kappa shape index (κ3) is 3.70. The minimum atomic E-state index is -1.16. The van der Waals surface area contributed by atoms with E-state index in [0.717, 1.165) is 0 Å². The molecule has 0 aliphatic heterocycles. The van der Waals surface area contributed by atoms with Crippen LogP contribution in [0.1, 0.15) is 15.9 Å². The number of carboxylic acid groups (broad SMARTS) is 1. The fraction of sp³-hybridized carbons (Fsp3) is 0. The quantitative estimate of drug-likeness (QED) is 0.594. The molecule has 106 valence electrons. The van der Waals surface area contributed by atoms with Gasteiger partial charge < -0.3 is 15.5 Å². The Morgan fingerprint density at radius 1 is 0.905 bits per heavy atom. The van der Waals surface area contributed by atoms with Crippen molar-refractivity contribution in [1.82, 2.24) is 0 Å². The maximum Gasteiger partial charge on any atom is 0.337 e. The third-order valence-corrected chi connectivity index (χ3v) is 2.74. The van der Waals surface area contributed by atoms with E-state index in [1.54, 1.807) is 36.4 Å². The first-order valence-electron chi connectivity index (χ1n) is 6.17. The van der Waals surface area contributed by atoms with Crippen molar-refractivity contribution >= 4 is 23.6 Å². The van der Waals surface area contributed by atoms with Crippen molar-refractivity contribution in [3.05, 3.63) is 71.5 Å². The Morgan fingerprint density at radius 2 is 1.52 bits per heavy atom. The highest BCUT2D eigenvalue weighted by Crippen LogP contribution is 2.16. The maximum atomic E-state index is 11.9. The van der Waals surface area contributed by atoms with Crippen LogP contribution in [0, 0.1) is 0 Å². The lowest BCUT2D eigenvalue weighted by Gasteiger charge is -2.07. The van der Waals surface area contributed by atoms with Crippen LogP contribution >= 0.6 is 0 Å². The van der Waals surface area contributed by atoms with Gasteiger partial charge in [-0.3, -0.25) is 4.79 Å². The van der Waals surface area contributed by atoms with Gasteiger partial charge in [-0.05, 0) is 23.8 Å². The number of aliphatic hydroxyl groups excluding tert-OH is 1. The van der Waals surface area contributed by atoms with Crippen LogP contribution in [0.2, 0.25) is 0 Å². The number of carbonyl (C=O) groups is 2. The Kier molecular flexibility index (Phi) is 4.36. The summed E-state index contributed by atoms with van der Waals surface area (Å²) in [6, 6.07) is 14.8. The molecule has 0 saturated heterocycles. The Hall–Kier alpha value is -3.08. The standard InChI is InChI=1S/C16H13NO4/c18-14(10-11-6-2-1-3-7-11)15(19)17-13-9-5-4-8-12(13)16(20)21/h1-10,18H,(H,17,19)(H,20,21). The van der Waals surface area contributed by atoms with Gasteiger partial charge in [-0.25, -0.2) is 4.79 Å². The molecule has 1 amide bonds. The van der Waals surface area contributed by atoms with Gasteiger partial charge in [0.15, 0.2) is 5.76 Å². The van der Waals surface area contributed by atoms with E-state index in [1.165, 1.54) is 18.2 Å². The van der Waals surface area contributed by atoms with Crippen LogP contribution in [0.3, 0.4) is 0 Å². The number of carbonyl (C=O) groups excluding carboxylic acids is 1. The second-order valence-corrected chi connectivity index (χ2v) is 4.25. The van der Waals surface area contributed by atoms with E-state index in [0.29, 0.717) is 5.56 Å². The van der Waals surface area contributed by atoms with Gasteiger partial charge in [-0.2, -0.15) is 0 Å². The fourth-order valence-corrected chi connectivity index (χ4v) is 1.74. The number of hydrogen-bond donors (Lipinski definition) is 3. The zero-order valence-corrected chi connectivity index (χ0v) is 11.0. The molecule has 0 aliphatic rings. The Bertz CT molecular complexity index is 692. The van der Waals surface area contributed by atoms with E-state index in [-0.39, 0.29) is 11.3 Å². The number of aromatic carboxylic acids is 1. The van der Waals surface area contributed by atoms with E-state index in [4.69, 9.17) is 5.11 Å². The number of carboxylic acids is 1. The zero-order chi connectivity index (χ0) is 15.2. The smallest absolute Gasteiger partial charge is 0.337 e. The van der Waals surface area contributed by atoms with E-state index < -0.39 is 17.6 Å². The maximum absolute atomic E-state index is 11.9. The Balaban J connectivity index is 2.19. The van der Waals surface area contributed by atoms with E-state index in [2.05, 4.69) is 5.32 Å². The Labute approximate surface area is 121 Å². The lowest BCUT2D eigenvalue weighted by Crippen LogP contribution is -2.16. The highest BCUT2D eigenvalue weighted by Gasteiger charge is 2.13. The van der Waals surface area contributed by atoms with Crippen molar-refractivity contribution in [3.63, 3.8) is 0 Å². The molecule has 5 nitrogen and oxygen atoms in total. The molecule has 0 saturated carbocycles. The van der Waals surface area contributed by atoms with Crippen LogP contribution < -0.4 is 5.32 Å². The van der Waals surface area contributed by atoms with Gasteiger partial charge in [0.25, 0.3) is 5.91 Å². The van der Waals surface area contributed by atoms with Gasteiger partial charge >= 0.3 is 5.97 Å². The van der Waals surface area contributed by atoms with Gasteiger partial charge in [0.05, 0.1) is 11.3 Å². The van der Waals surface area contributed by atoms with Crippen molar-refractivity contribution in [2.24, 2.45) is 0 Å². The average Bonchev–Trinajstić information content (AvgIpc) is 2.48. The fourth-order valence-electron chi connectivity index (χ4n) is 1.74. The first-order chi connectivity index (χ1) is 10.1. The number of nitrogens with one attached hydrogen (secondary N) is 1. The van der Waals surface area contributed by atoms with Crippen LogP contribution in [0.5, 0.6) is 0 Å². The number of anilines is 1. The molecule has 0 aromatic heterocycles. The summed E-state index contributed by atoms with van der Waals surface area (Å²) in [5.41, 5.74) is 0.748. The molecule has 0 bridgehead atoms. The molecule has 0 atom stereocenters. The van der Waals surface area contributed by atoms with E-state index >= 15 is 0 Å². The molecule has 2 aromatic rings. The first-order valence-corrected chi connectivity index (χ1v) is 6.17. The minimum Gasteiger partial charge on any atom is -0.503 e. The summed E-state index contributed by atoms with van der Waals surface area (Å²) in [7, 11) is 0. The number of aliphatic hydroxyl groups is 1. The van der Waals surface area contributed by atoms with Crippen LogP contribution in [0.25, 0.3) is 6.08 Å². The average molecular weight is 283 g/mol. The molecule has 0 spiro atoms. The number of rotatable bonds is 4. The number of benzene rings is 2. The normalized spacial score (nSPS) is 11.0. The number of hydrogen-bond acceptors (Lipinski definition) is 3. The summed E-state index contributed by atoms with van der Waals surface area (Å²) in [4.78, 5) is 22.9. The third-order valence-electron chi connectivity index (χ3n) is 2.74. The molecular weight excluding hydrogens is 270 g/mol. The molecular formula is C16H13NO4. The van der Waals surface area contributed by atoms with Crippen LogP contribution in [0.4, 0.5) is 5.69 Å². The number of amides is 1. The van der Waals surface area contributed by atoms with Gasteiger partial charge in [-0.15, -0.1) is 0 Å². The van der Waals surface area contributed by atoms with Gasteiger partial charge in [0.2, 0.25) is 0 Å².